The molecular formula is C30H40O5. The van der Waals surface area contributed by atoms with Gasteiger partial charge in [-0.1, -0.05) is 40.2 Å². The Bertz CT molecular complexity index is 1060. The van der Waals surface area contributed by atoms with Gasteiger partial charge in [-0.2, -0.15) is 0 Å². The molecule has 5 nitrogen and oxygen atoms in total. The molecular weight excluding hydrogens is 440 g/mol. The van der Waals surface area contributed by atoms with E-state index in [1.165, 1.54) is 11.1 Å². The molecule has 0 saturated heterocycles. The van der Waals surface area contributed by atoms with Crippen LogP contribution >= 0.6 is 0 Å². The molecule has 0 spiro atoms. The number of carboxylic acid groups (broad SMARTS) is 1. The zero-order valence-corrected chi connectivity index (χ0v) is 21.8. The lowest BCUT2D eigenvalue weighted by atomic mass is 9.62. The number of unbranched alkanes of at least 4 members (excludes halogenated alkanes) is 3. The highest BCUT2D eigenvalue weighted by Gasteiger charge is 2.38. The van der Waals surface area contributed by atoms with E-state index in [1.807, 2.05) is 18.2 Å². The molecule has 3 rings (SSSR count). The lowest BCUT2D eigenvalue weighted by Gasteiger charge is -2.42. The molecule has 2 N–H and O–H groups in total. The number of methoxy groups -OCH3 is 1. The fourth-order valence-electron chi connectivity index (χ4n) is 4.88. The van der Waals surface area contributed by atoms with Crippen LogP contribution in [0.2, 0.25) is 0 Å². The number of carboxylic acids is 1. The van der Waals surface area contributed by atoms with Crippen molar-refractivity contribution < 1.29 is 24.5 Å². The molecule has 0 aromatic heterocycles. The van der Waals surface area contributed by atoms with Crippen LogP contribution in [-0.4, -0.2) is 36.5 Å². The van der Waals surface area contributed by atoms with Crippen molar-refractivity contribution in [1.82, 2.24) is 0 Å². The number of benzene rings is 2. The first kappa shape index (κ1) is 26.8. The van der Waals surface area contributed by atoms with Crippen LogP contribution < -0.4 is 9.47 Å². The van der Waals surface area contributed by atoms with Gasteiger partial charge in [-0.25, -0.2) is 4.79 Å². The molecule has 0 radical (unpaired) electrons. The Balaban J connectivity index is 2.11. The van der Waals surface area contributed by atoms with Gasteiger partial charge in [0.2, 0.25) is 0 Å². The molecule has 0 bridgehead atoms. The highest BCUT2D eigenvalue weighted by atomic mass is 16.5. The quantitative estimate of drug-likeness (QED) is 0.275. The van der Waals surface area contributed by atoms with Crippen molar-refractivity contribution in [3.05, 3.63) is 53.1 Å². The summed E-state index contributed by atoms with van der Waals surface area (Å²) in [6, 6.07) is 10.2. The van der Waals surface area contributed by atoms with E-state index in [0.717, 1.165) is 72.8 Å². The predicted octanol–water partition coefficient (Wildman–Crippen LogP) is 6.74. The number of rotatable bonds is 11. The Hall–Kier alpha value is -2.79. The van der Waals surface area contributed by atoms with Crippen LogP contribution in [0.25, 0.3) is 17.2 Å². The Morgan fingerprint density at radius 3 is 2.17 bits per heavy atom. The van der Waals surface area contributed by atoms with E-state index in [9.17, 15) is 4.79 Å². The van der Waals surface area contributed by atoms with Crippen molar-refractivity contribution in [3.63, 3.8) is 0 Å². The number of ether oxygens (including phenoxy) is 2. The van der Waals surface area contributed by atoms with Gasteiger partial charge >= 0.3 is 5.97 Å². The summed E-state index contributed by atoms with van der Waals surface area (Å²) in [5.41, 5.74) is 5.39. The first-order chi connectivity index (χ1) is 16.6. The molecule has 5 heteroatoms. The molecule has 1 aliphatic rings. The van der Waals surface area contributed by atoms with Gasteiger partial charge in [0.15, 0.2) is 0 Å². The van der Waals surface area contributed by atoms with E-state index >= 15 is 0 Å². The average Bonchev–Trinajstić information content (AvgIpc) is 2.82. The summed E-state index contributed by atoms with van der Waals surface area (Å²) < 4.78 is 12.1. The lowest BCUT2D eigenvalue weighted by molar-refractivity contribution is -0.131. The second kappa shape index (κ2) is 11.3. The van der Waals surface area contributed by atoms with Gasteiger partial charge in [-0.05, 0) is 90.0 Å². The first-order valence-corrected chi connectivity index (χ1v) is 12.6. The molecule has 0 atom stereocenters. The summed E-state index contributed by atoms with van der Waals surface area (Å²) >= 11 is 0. The van der Waals surface area contributed by atoms with Crippen molar-refractivity contribution in [2.75, 3.05) is 20.3 Å². The Morgan fingerprint density at radius 2 is 1.54 bits per heavy atom. The number of hydrogen-bond acceptors (Lipinski definition) is 4. The standard InChI is InChI=1S/C30H40O5/c1-29(2)14-15-30(3,4)25-20-27(35-17-9-7-6-8-16-31)23(19-24(25)29)22-18-21(11-13-28(32)33)10-12-26(22)34-5/h10-13,18-20,31H,6-9,14-17H2,1-5H3,(H,32,33). The second-order valence-corrected chi connectivity index (χ2v) is 10.8. The Kier molecular flexibility index (Phi) is 8.65. The monoisotopic (exact) mass is 480 g/mol. The van der Waals surface area contributed by atoms with Gasteiger partial charge in [-0.15, -0.1) is 0 Å². The number of aliphatic carboxylic acids is 1. The number of hydrogen-bond donors (Lipinski definition) is 2. The fraction of sp³-hybridized carbons (Fsp3) is 0.500. The Morgan fingerprint density at radius 1 is 0.914 bits per heavy atom. The van der Waals surface area contributed by atoms with Crippen LogP contribution in [0, 0.1) is 0 Å². The molecule has 1 aliphatic carbocycles. The topological polar surface area (TPSA) is 76.0 Å². The minimum atomic E-state index is -0.981. The minimum Gasteiger partial charge on any atom is -0.496 e. The third-order valence-corrected chi connectivity index (χ3v) is 7.20. The maximum atomic E-state index is 11.1. The maximum Gasteiger partial charge on any atom is 0.328 e. The minimum absolute atomic E-state index is 0.0382. The smallest absolute Gasteiger partial charge is 0.328 e. The molecule has 35 heavy (non-hydrogen) atoms. The van der Waals surface area contributed by atoms with Crippen molar-refractivity contribution in [1.29, 1.82) is 0 Å². The number of carbonyl (C=O) groups is 1. The zero-order chi connectivity index (χ0) is 25.6. The van der Waals surface area contributed by atoms with Gasteiger partial charge in [-0.3, -0.25) is 0 Å². The van der Waals surface area contributed by atoms with E-state index in [2.05, 4.69) is 39.8 Å². The molecule has 0 saturated carbocycles. The van der Waals surface area contributed by atoms with E-state index in [4.69, 9.17) is 19.7 Å². The zero-order valence-electron chi connectivity index (χ0n) is 21.8. The normalized spacial score (nSPS) is 16.2. The van der Waals surface area contributed by atoms with Crippen LogP contribution in [0.15, 0.2) is 36.4 Å². The molecule has 0 heterocycles. The third-order valence-electron chi connectivity index (χ3n) is 7.20. The van der Waals surface area contributed by atoms with E-state index in [-0.39, 0.29) is 17.4 Å². The van der Waals surface area contributed by atoms with Gasteiger partial charge in [0.25, 0.3) is 0 Å². The number of aliphatic hydroxyl groups is 1. The molecule has 0 fully saturated rings. The van der Waals surface area contributed by atoms with Gasteiger partial charge in [0, 0.05) is 23.8 Å². The van der Waals surface area contributed by atoms with Crippen molar-refractivity contribution in [2.45, 2.75) is 77.0 Å². The largest absolute Gasteiger partial charge is 0.496 e. The lowest BCUT2D eigenvalue weighted by Crippen LogP contribution is -2.34. The van der Waals surface area contributed by atoms with Gasteiger partial charge in [0.1, 0.15) is 11.5 Å². The summed E-state index contributed by atoms with van der Waals surface area (Å²) in [5.74, 6) is 0.567. The summed E-state index contributed by atoms with van der Waals surface area (Å²) in [7, 11) is 1.65. The van der Waals surface area contributed by atoms with Gasteiger partial charge < -0.3 is 19.7 Å². The summed E-state index contributed by atoms with van der Waals surface area (Å²) in [6.07, 6.45) is 8.71. The third kappa shape index (κ3) is 6.46. The van der Waals surface area contributed by atoms with Crippen molar-refractivity contribution in [2.24, 2.45) is 0 Å². The first-order valence-electron chi connectivity index (χ1n) is 12.6. The average molecular weight is 481 g/mol. The van der Waals surface area contributed by atoms with Crippen molar-refractivity contribution in [3.8, 4) is 22.6 Å². The van der Waals surface area contributed by atoms with Crippen LogP contribution in [0.3, 0.4) is 0 Å². The van der Waals surface area contributed by atoms with Crippen molar-refractivity contribution >= 4 is 12.0 Å². The Labute approximate surface area is 209 Å². The molecule has 2 aromatic carbocycles. The molecule has 0 amide bonds. The van der Waals surface area contributed by atoms with Crippen LogP contribution in [0.4, 0.5) is 0 Å². The molecule has 2 aromatic rings. The number of aliphatic hydroxyl groups excluding tert-OH is 1. The summed E-state index contributed by atoms with van der Waals surface area (Å²) in [5, 5.41) is 18.1. The van der Waals surface area contributed by atoms with E-state index in [1.54, 1.807) is 13.2 Å². The number of fused-ring (bicyclic) bond motifs is 1. The highest BCUT2D eigenvalue weighted by Crippen LogP contribution is 2.50. The molecule has 0 aliphatic heterocycles. The predicted molar refractivity (Wildman–Crippen MR) is 141 cm³/mol. The fourth-order valence-corrected chi connectivity index (χ4v) is 4.88. The van der Waals surface area contributed by atoms with E-state index < -0.39 is 5.97 Å². The second-order valence-electron chi connectivity index (χ2n) is 10.8. The highest BCUT2D eigenvalue weighted by molar-refractivity contribution is 5.86. The molecule has 190 valence electrons. The summed E-state index contributed by atoms with van der Waals surface area (Å²) in [6.45, 7) is 10.0. The van der Waals surface area contributed by atoms with Crippen LogP contribution in [0.1, 0.15) is 82.9 Å². The van der Waals surface area contributed by atoms with Crippen LogP contribution in [-0.2, 0) is 15.6 Å². The van der Waals surface area contributed by atoms with Gasteiger partial charge in [0.05, 0.1) is 13.7 Å². The molecule has 0 unspecified atom stereocenters. The SMILES string of the molecule is COc1ccc(C=CC(=O)O)cc1-c1cc2c(cc1OCCCCCCO)C(C)(C)CCC2(C)C. The van der Waals surface area contributed by atoms with E-state index in [0.29, 0.717) is 6.61 Å². The summed E-state index contributed by atoms with van der Waals surface area (Å²) in [4.78, 5) is 11.1. The van der Waals surface area contributed by atoms with Crippen LogP contribution in [0.5, 0.6) is 11.5 Å². The maximum absolute atomic E-state index is 11.1.